The van der Waals surface area contributed by atoms with Crippen LogP contribution in [0.4, 0.5) is 0 Å². The summed E-state index contributed by atoms with van der Waals surface area (Å²) in [5, 5.41) is 0. The Bertz CT molecular complexity index is 263. The standard InChI is InChI=1S/C12H25N3O/c1-9(2)15-8-12(3,4)7-14(5)10(6-13)11(15)16/h9-10H,6-8,13H2,1-5H3. The summed E-state index contributed by atoms with van der Waals surface area (Å²) in [5.74, 6) is 0.172. The van der Waals surface area contributed by atoms with E-state index in [2.05, 4.69) is 32.6 Å². The topological polar surface area (TPSA) is 49.6 Å². The molecule has 1 rings (SSSR count). The predicted octanol–water partition coefficient (Wildman–Crippen LogP) is 0.522. The Hall–Kier alpha value is -0.610. The van der Waals surface area contributed by atoms with Crippen molar-refractivity contribution in [2.45, 2.75) is 39.8 Å². The average Bonchev–Trinajstić information content (AvgIpc) is 2.21. The molecule has 16 heavy (non-hydrogen) atoms. The SMILES string of the molecule is CC(C)N1CC(C)(C)CN(C)C(CN)C1=O. The number of nitrogens with zero attached hydrogens (tertiary/aromatic N) is 2. The Kier molecular flexibility index (Phi) is 3.97. The Balaban J connectivity index is 2.99. The first kappa shape index (κ1) is 13.5. The number of carbonyl (C=O) groups is 1. The molecule has 0 spiro atoms. The smallest absolute Gasteiger partial charge is 0.241 e. The highest BCUT2D eigenvalue weighted by molar-refractivity contribution is 5.82. The van der Waals surface area contributed by atoms with E-state index in [1.165, 1.54) is 0 Å². The van der Waals surface area contributed by atoms with Gasteiger partial charge in [0, 0.05) is 25.7 Å². The normalized spacial score (nSPS) is 27.3. The molecular weight excluding hydrogens is 202 g/mol. The fourth-order valence-corrected chi connectivity index (χ4v) is 2.47. The Labute approximate surface area is 98.8 Å². The van der Waals surface area contributed by atoms with Crippen molar-refractivity contribution in [2.75, 3.05) is 26.7 Å². The molecule has 2 N–H and O–H groups in total. The lowest BCUT2D eigenvalue weighted by Crippen LogP contribution is -2.50. The Morgan fingerprint density at radius 1 is 1.44 bits per heavy atom. The third kappa shape index (κ3) is 2.74. The summed E-state index contributed by atoms with van der Waals surface area (Å²) in [6, 6.07) is 0.0801. The molecule has 94 valence electrons. The Morgan fingerprint density at radius 3 is 2.44 bits per heavy atom. The zero-order chi connectivity index (χ0) is 12.5. The summed E-state index contributed by atoms with van der Waals surface area (Å²) in [6.07, 6.45) is 0. The lowest BCUT2D eigenvalue weighted by atomic mass is 9.92. The van der Waals surface area contributed by atoms with E-state index in [0.29, 0.717) is 6.54 Å². The number of likely N-dealkylation sites (N-methyl/N-ethyl adjacent to an activating group) is 1. The molecule has 4 nitrogen and oxygen atoms in total. The van der Waals surface area contributed by atoms with E-state index in [1.807, 2.05) is 11.9 Å². The number of hydrogen-bond acceptors (Lipinski definition) is 3. The summed E-state index contributed by atoms with van der Waals surface area (Å²) in [6.45, 7) is 10.6. The lowest BCUT2D eigenvalue weighted by Gasteiger charge is -2.32. The quantitative estimate of drug-likeness (QED) is 0.748. The van der Waals surface area contributed by atoms with Crippen LogP contribution < -0.4 is 5.73 Å². The van der Waals surface area contributed by atoms with Crippen LogP contribution in [0.15, 0.2) is 0 Å². The van der Waals surface area contributed by atoms with Crippen LogP contribution in [0, 0.1) is 5.41 Å². The summed E-state index contributed by atoms with van der Waals surface area (Å²) in [5.41, 5.74) is 5.84. The van der Waals surface area contributed by atoms with Gasteiger partial charge in [-0.1, -0.05) is 13.8 Å². The highest BCUT2D eigenvalue weighted by atomic mass is 16.2. The van der Waals surface area contributed by atoms with E-state index in [1.54, 1.807) is 0 Å². The summed E-state index contributed by atoms with van der Waals surface area (Å²) >= 11 is 0. The molecule has 0 aromatic carbocycles. The van der Waals surface area contributed by atoms with Crippen LogP contribution in [0.1, 0.15) is 27.7 Å². The second-order valence-electron chi connectivity index (χ2n) is 5.89. The number of nitrogens with two attached hydrogens (primary N) is 1. The van der Waals surface area contributed by atoms with Gasteiger partial charge in [0.05, 0.1) is 0 Å². The maximum atomic E-state index is 12.3. The van der Waals surface area contributed by atoms with Gasteiger partial charge >= 0.3 is 0 Å². The van der Waals surface area contributed by atoms with Gasteiger partial charge in [-0.25, -0.2) is 0 Å². The third-order valence-electron chi connectivity index (χ3n) is 3.22. The van der Waals surface area contributed by atoms with Crippen LogP contribution in [0.2, 0.25) is 0 Å². The molecule has 0 radical (unpaired) electrons. The van der Waals surface area contributed by atoms with Gasteiger partial charge in [-0.3, -0.25) is 9.69 Å². The van der Waals surface area contributed by atoms with Crippen molar-refractivity contribution in [3.05, 3.63) is 0 Å². The van der Waals surface area contributed by atoms with Crippen molar-refractivity contribution in [2.24, 2.45) is 11.1 Å². The molecule has 4 heteroatoms. The first-order valence-electron chi connectivity index (χ1n) is 5.99. The summed E-state index contributed by atoms with van der Waals surface area (Å²) < 4.78 is 0. The molecule has 1 fully saturated rings. The monoisotopic (exact) mass is 227 g/mol. The van der Waals surface area contributed by atoms with Gasteiger partial charge in [-0.2, -0.15) is 0 Å². The van der Waals surface area contributed by atoms with Gasteiger partial charge in [-0.05, 0) is 26.3 Å². The lowest BCUT2D eigenvalue weighted by molar-refractivity contribution is -0.136. The second-order valence-corrected chi connectivity index (χ2v) is 5.89. The third-order valence-corrected chi connectivity index (χ3v) is 3.22. The van der Waals surface area contributed by atoms with Crippen LogP contribution in [0.5, 0.6) is 0 Å². The molecule has 1 aliphatic rings. The van der Waals surface area contributed by atoms with E-state index >= 15 is 0 Å². The molecule has 0 aromatic heterocycles. The molecule has 0 bridgehead atoms. The fourth-order valence-electron chi connectivity index (χ4n) is 2.47. The van der Waals surface area contributed by atoms with E-state index in [4.69, 9.17) is 5.73 Å². The maximum absolute atomic E-state index is 12.3. The van der Waals surface area contributed by atoms with Crippen LogP contribution >= 0.6 is 0 Å². The van der Waals surface area contributed by atoms with Crippen molar-refractivity contribution in [1.82, 2.24) is 9.80 Å². The molecule has 1 amide bonds. The van der Waals surface area contributed by atoms with Gasteiger partial charge in [0.2, 0.25) is 5.91 Å². The second kappa shape index (κ2) is 4.72. The highest BCUT2D eigenvalue weighted by Gasteiger charge is 2.37. The average molecular weight is 227 g/mol. The highest BCUT2D eigenvalue weighted by Crippen LogP contribution is 2.25. The molecule has 0 aliphatic carbocycles. The van der Waals surface area contributed by atoms with E-state index in [9.17, 15) is 4.79 Å². The fraction of sp³-hybridized carbons (Fsp3) is 0.917. The minimum atomic E-state index is -0.163. The first-order chi connectivity index (χ1) is 7.28. The molecule has 0 aromatic rings. The number of amides is 1. The molecule has 1 atom stereocenters. The molecule has 1 heterocycles. The predicted molar refractivity (Wildman–Crippen MR) is 66.1 cm³/mol. The van der Waals surface area contributed by atoms with Crippen molar-refractivity contribution >= 4 is 5.91 Å². The first-order valence-corrected chi connectivity index (χ1v) is 5.99. The molecule has 1 aliphatic heterocycles. The molecule has 1 saturated heterocycles. The van der Waals surface area contributed by atoms with Crippen molar-refractivity contribution in [3.8, 4) is 0 Å². The molecule has 1 unspecified atom stereocenters. The molecular formula is C12H25N3O. The van der Waals surface area contributed by atoms with Crippen molar-refractivity contribution in [3.63, 3.8) is 0 Å². The molecule has 0 saturated carbocycles. The van der Waals surface area contributed by atoms with Crippen LogP contribution in [-0.4, -0.2) is 54.5 Å². The van der Waals surface area contributed by atoms with Crippen LogP contribution in [-0.2, 0) is 4.79 Å². The van der Waals surface area contributed by atoms with Gasteiger partial charge in [-0.15, -0.1) is 0 Å². The largest absolute Gasteiger partial charge is 0.338 e. The van der Waals surface area contributed by atoms with E-state index in [0.717, 1.165) is 13.1 Å². The van der Waals surface area contributed by atoms with E-state index in [-0.39, 0.29) is 23.4 Å². The summed E-state index contributed by atoms with van der Waals surface area (Å²) in [7, 11) is 1.99. The maximum Gasteiger partial charge on any atom is 0.241 e. The van der Waals surface area contributed by atoms with Crippen LogP contribution in [0.25, 0.3) is 0 Å². The minimum absolute atomic E-state index is 0.124. The number of hydrogen-bond donors (Lipinski definition) is 1. The zero-order valence-corrected chi connectivity index (χ0v) is 11.2. The number of rotatable bonds is 2. The van der Waals surface area contributed by atoms with Gasteiger partial charge in [0.25, 0.3) is 0 Å². The van der Waals surface area contributed by atoms with Crippen molar-refractivity contribution < 1.29 is 4.79 Å². The zero-order valence-electron chi connectivity index (χ0n) is 11.2. The van der Waals surface area contributed by atoms with Gasteiger partial charge in [0.15, 0.2) is 0 Å². The van der Waals surface area contributed by atoms with E-state index < -0.39 is 0 Å². The minimum Gasteiger partial charge on any atom is -0.338 e. The summed E-state index contributed by atoms with van der Waals surface area (Å²) in [4.78, 5) is 16.4. The Morgan fingerprint density at radius 2 is 2.00 bits per heavy atom. The van der Waals surface area contributed by atoms with Crippen LogP contribution in [0.3, 0.4) is 0 Å². The van der Waals surface area contributed by atoms with Gasteiger partial charge < -0.3 is 10.6 Å². The number of carbonyl (C=O) groups excluding carboxylic acids is 1. The van der Waals surface area contributed by atoms with Gasteiger partial charge in [0.1, 0.15) is 6.04 Å². The van der Waals surface area contributed by atoms with Crippen molar-refractivity contribution in [1.29, 1.82) is 0 Å².